The van der Waals surface area contributed by atoms with Crippen LogP contribution in [0.3, 0.4) is 0 Å². The van der Waals surface area contributed by atoms with Crippen LogP contribution in [0.5, 0.6) is 0 Å². The van der Waals surface area contributed by atoms with Crippen molar-refractivity contribution in [3.63, 3.8) is 0 Å². The summed E-state index contributed by atoms with van der Waals surface area (Å²) in [7, 11) is 0. The molecule has 0 aliphatic rings. The summed E-state index contributed by atoms with van der Waals surface area (Å²) < 4.78 is 41.3. The largest absolute Gasteiger partial charge is 0.295 e. The predicted molar refractivity (Wildman–Crippen MR) is 70.5 cm³/mol. The molecule has 2 aromatic carbocycles. The molecular weight excluding hydrogens is 289 g/mol. The van der Waals surface area contributed by atoms with Crippen molar-refractivity contribution in [1.29, 1.82) is 0 Å². The van der Waals surface area contributed by atoms with Crippen LogP contribution in [0, 0.1) is 17.5 Å². The van der Waals surface area contributed by atoms with E-state index in [4.69, 9.17) is 11.6 Å². The monoisotopic (exact) mass is 296 g/mol. The lowest BCUT2D eigenvalue weighted by Crippen LogP contribution is -2.00. The smallest absolute Gasteiger partial charge is 0.160 e. The van der Waals surface area contributed by atoms with E-state index < -0.39 is 17.5 Å². The van der Waals surface area contributed by atoms with E-state index in [2.05, 4.69) is 4.98 Å². The van der Waals surface area contributed by atoms with E-state index in [1.807, 2.05) is 0 Å². The number of hydrogen-bond acceptors (Lipinski definition) is 1. The molecule has 6 heteroatoms. The Balaban J connectivity index is 2.32. The molecule has 0 aliphatic carbocycles. The normalized spacial score (nSPS) is 11.2. The standard InChI is InChI=1S/C14H8ClF3N2/c15-7-14-19-12-4-1-8(16)5-13(12)20(14)9-2-3-10(17)11(18)6-9/h1-6H,7H2. The van der Waals surface area contributed by atoms with Crippen LogP contribution in [0.25, 0.3) is 16.7 Å². The van der Waals surface area contributed by atoms with Crippen LogP contribution in [0.1, 0.15) is 5.82 Å². The molecule has 0 atom stereocenters. The fourth-order valence-electron chi connectivity index (χ4n) is 2.10. The van der Waals surface area contributed by atoms with Crippen LogP contribution in [0.15, 0.2) is 36.4 Å². The van der Waals surface area contributed by atoms with Crippen molar-refractivity contribution in [1.82, 2.24) is 9.55 Å². The number of alkyl halides is 1. The summed E-state index contributed by atoms with van der Waals surface area (Å²) in [6.45, 7) is 0. The molecule has 0 unspecified atom stereocenters. The molecule has 3 aromatic rings. The summed E-state index contributed by atoms with van der Waals surface area (Å²) in [6, 6.07) is 7.49. The zero-order chi connectivity index (χ0) is 14.3. The van der Waals surface area contributed by atoms with E-state index in [1.165, 1.54) is 28.8 Å². The number of imidazole rings is 1. The van der Waals surface area contributed by atoms with Crippen molar-refractivity contribution >= 4 is 22.6 Å². The summed E-state index contributed by atoms with van der Waals surface area (Å²) >= 11 is 5.82. The molecule has 0 spiro atoms. The number of rotatable bonds is 2. The summed E-state index contributed by atoms with van der Waals surface area (Å²) in [6.07, 6.45) is 0. The highest BCUT2D eigenvalue weighted by molar-refractivity contribution is 6.17. The Morgan fingerprint density at radius 3 is 2.50 bits per heavy atom. The minimum absolute atomic E-state index is 0.0648. The van der Waals surface area contributed by atoms with Gasteiger partial charge in [0.1, 0.15) is 11.6 Å². The number of fused-ring (bicyclic) bond motifs is 1. The van der Waals surface area contributed by atoms with Gasteiger partial charge in [0.15, 0.2) is 11.6 Å². The number of aromatic nitrogens is 2. The molecule has 3 rings (SSSR count). The zero-order valence-corrected chi connectivity index (χ0v) is 10.8. The van der Waals surface area contributed by atoms with Crippen LogP contribution in [0.2, 0.25) is 0 Å². The molecule has 2 nitrogen and oxygen atoms in total. The van der Waals surface area contributed by atoms with E-state index in [0.29, 0.717) is 22.5 Å². The summed E-state index contributed by atoms with van der Waals surface area (Å²) in [5.74, 6) is -1.88. The van der Waals surface area contributed by atoms with Gasteiger partial charge < -0.3 is 0 Å². The first-order valence-corrected chi connectivity index (χ1v) is 6.32. The van der Waals surface area contributed by atoms with E-state index >= 15 is 0 Å². The predicted octanol–water partition coefficient (Wildman–Crippen LogP) is 4.18. The summed E-state index contributed by atoms with van der Waals surface area (Å²) in [4.78, 5) is 4.25. The first-order chi connectivity index (χ1) is 9.60. The fourth-order valence-corrected chi connectivity index (χ4v) is 2.28. The van der Waals surface area contributed by atoms with Gasteiger partial charge in [-0.1, -0.05) is 0 Å². The van der Waals surface area contributed by atoms with Gasteiger partial charge in [-0.25, -0.2) is 18.2 Å². The first kappa shape index (κ1) is 13.0. The average molecular weight is 297 g/mol. The Bertz CT molecular complexity index is 798. The van der Waals surface area contributed by atoms with Crippen LogP contribution in [-0.4, -0.2) is 9.55 Å². The highest BCUT2D eigenvalue weighted by Gasteiger charge is 2.14. The molecule has 0 radical (unpaired) electrons. The van der Waals surface area contributed by atoms with Crippen molar-refractivity contribution in [2.75, 3.05) is 0 Å². The van der Waals surface area contributed by atoms with E-state index in [-0.39, 0.29) is 5.88 Å². The van der Waals surface area contributed by atoms with Crippen molar-refractivity contribution < 1.29 is 13.2 Å². The van der Waals surface area contributed by atoms with Gasteiger partial charge in [-0.2, -0.15) is 0 Å². The van der Waals surface area contributed by atoms with Gasteiger partial charge in [-0.05, 0) is 24.3 Å². The highest BCUT2D eigenvalue weighted by atomic mass is 35.5. The molecule has 0 saturated heterocycles. The third-order valence-corrected chi connectivity index (χ3v) is 3.21. The lowest BCUT2D eigenvalue weighted by atomic mass is 10.2. The average Bonchev–Trinajstić information content (AvgIpc) is 2.79. The maximum absolute atomic E-state index is 13.4. The number of halogens is 4. The Labute approximate surface area is 117 Å². The molecule has 0 amide bonds. The highest BCUT2D eigenvalue weighted by Crippen LogP contribution is 2.24. The molecule has 20 heavy (non-hydrogen) atoms. The third kappa shape index (κ3) is 2.04. The van der Waals surface area contributed by atoms with Crippen molar-refractivity contribution in [3.8, 4) is 5.69 Å². The van der Waals surface area contributed by atoms with Gasteiger partial charge in [-0.15, -0.1) is 11.6 Å². The molecule has 0 saturated carbocycles. The zero-order valence-electron chi connectivity index (χ0n) is 10.1. The number of benzene rings is 2. The molecule has 0 fully saturated rings. The molecular formula is C14H8ClF3N2. The van der Waals surface area contributed by atoms with E-state index in [1.54, 1.807) is 0 Å². The molecule has 1 aromatic heterocycles. The van der Waals surface area contributed by atoms with Crippen LogP contribution in [0.4, 0.5) is 13.2 Å². The second-order valence-corrected chi connectivity index (χ2v) is 4.50. The Morgan fingerprint density at radius 1 is 1.00 bits per heavy atom. The fraction of sp³-hybridized carbons (Fsp3) is 0.0714. The maximum atomic E-state index is 13.4. The van der Waals surface area contributed by atoms with Gasteiger partial charge >= 0.3 is 0 Å². The van der Waals surface area contributed by atoms with Crippen molar-refractivity contribution in [2.24, 2.45) is 0 Å². The van der Waals surface area contributed by atoms with Gasteiger partial charge in [0.25, 0.3) is 0 Å². The SMILES string of the molecule is Fc1ccc2nc(CCl)n(-c3ccc(F)c(F)c3)c2c1. The topological polar surface area (TPSA) is 17.8 Å². The second-order valence-electron chi connectivity index (χ2n) is 4.23. The molecule has 102 valence electrons. The van der Waals surface area contributed by atoms with Crippen LogP contribution in [-0.2, 0) is 5.88 Å². The molecule has 0 N–H and O–H groups in total. The Hall–Kier alpha value is -2.01. The van der Waals surface area contributed by atoms with Crippen LogP contribution < -0.4 is 0 Å². The number of nitrogens with zero attached hydrogens (tertiary/aromatic N) is 2. The van der Waals surface area contributed by atoms with Gasteiger partial charge in [0.2, 0.25) is 0 Å². The third-order valence-electron chi connectivity index (χ3n) is 2.97. The van der Waals surface area contributed by atoms with Crippen LogP contribution >= 0.6 is 11.6 Å². The van der Waals surface area contributed by atoms with Gasteiger partial charge in [0, 0.05) is 12.1 Å². The summed E-state index contributed by atoms with van der Waals surface area (Å²) in [5.41, 5.74) is 1.33. The van der Waals surface area contributed by atoms with Gasteiger partial charge in [0.05, 0.1) is 22.6 Å². The van der Waals surface area contributed by atoms with E-state index in [0.717, 1.165) is 12.1 Å². The second kappa shape index (κ2) is 4.83. The van der Waals surface area contributed by atoms with Crippen molar-refractivity contribution in [2.45, 2.75) is 5.88 Å². The maximum Gasteiger partial charge on any atom is 0.160 e. The molecule has 0 bridgehead atoms. The summed E-state index contributed by atoms with van der Waals surface area (Å²) in [5, 5.41) is 0. The minimum atomic E-state index is -0.985. The molecule has 0 aliphatic heterocycles. The lowest BCUT2D eigenvalue weighted by Gasteiger charge is -2.08. The number of hydrogen-bond donors (Lipinski definition) is 0. The Kier molecular flexibility index (Phi) is 3.14. The lowest BCUT2D eigenvalue weighted by molar-refractivity contribution is 0.508. The van der Waals surface area contributed by atoms with E-state index in [9.17, 15) is 13.2 Å². The Morgan fingerprint density at radius 2 is 1.80 bits per heavy atom. The van der Waals surface area contributed by atoms with Gasteiger partial charge in [-0.3, -0.25) is 4.57 Å². The van der Waals surface area contributed by atoms with Crippen molar-refractivity contribution in [3.05, 3.63) is 59.7 Å². The minimum Gasteiger partial charge on any atom is -0.295 e. The molecule has 1 heterocycles. The first-order valence-electron chi connectivity index (χ1n) is 5.78. The quantitative estimate of drug-likeness (QED) is 0.649.